The van der Waals surface area contributed by atoms with Gasteiger partial charge in [0.2, 0.25) is 0 Å². The van der Waals surface area contributed by atoms with E-state index in [1.54, 1.807) is 0 Å². The largest absolute Gasteiger partial charge is 0.456 e. The molecule has 0 saturated carbocycles. The topological polar surface area (TPSA) is 25.2 Å². The summed E-state index contributed by atoms with van der Waals surface area (Å²) in [6, 6.07) is 12.3. The van der Waals surface area contributed by atoms with Crippen LogP contribution in [0.25, 0.3) is 28.0 Å². The van der Waals surface area contributed by atoms with E-state index < -0.39 is 0 Å². The summed E-state index contributed by atoms with van der Waals surface area (Å²) in [5, 5.41) is 6.39. The van der Waals surface area contributed by atoms with Crippen LogP contribution in [0.4, 0.5) is 5.69 Å². The van der Waals surface area contributed by atoms with Crippen molar-refractivity contribution in [1.29, 1.82) is 0 Å². The fraction of sp³-hybridized carbons (Fsp3) is 0.0667. The molecule has 1 N–H and O–H groups in total. The Morgan fingerprint density at radius 3 is 2.89 bits per heavy atom. The van der Waals surface area contributed by atoms with Gasteiger partial charge in [0, 0.05) is 27.6 Å². The smallest absolute Gasteiger partial charge is 0.137 e. The van der Waals surface area contributed by atoms with E-state index in [1.165, 1.54) is 0 Å². The first-order valence-corrected chi connectivity index (χ1v) is 6.24. The Hall–Kier alpha value is -1.93. The monoisotopic (exact) mass is 255 g/mol. The van der Waals surface area contributed by atoms with E-state index >= 15 is 0 Å². The molecule has 88 valence electrons. The van der Waals surface area contributed by atoms with E-state index in [9.17, 15) is 0 Å². The van der Waals surface area contributed by atoms with Crippen molar-refractivity contribution in [2.75, 3.05) is 11.9 Å². The lowest BCUT2D eigenvalue weighted by molar-refractivity contribution is 0.669. The second-order valence-corrected chi connectivity index (χ2v) is 4.96. The molecule has 1 aliphatic heterocycles. The molecule has 0 unspecified atom stereocenters. The summed E-state index contributed by atoms with van der Waals surface area (Å²) < 4.78 is 5.85. The highest BCUT2D eigenvalue weighted by atomic mass is 35.5. The maximum Gasteiger partial charge on any atom is 0.137 e. The van der Waals surface area contributed by atoms with Gasteiger partial charge in [-0.25, -0.2) is 0 Å². The summed E-state index contributed by atoms with van der Waals surface area (Å²) in [5.74, 6) is 0. The maximum absolute atomic E-state index is 6.06. The average Bonchev–Trinajstić information content (AvgIpc) is 2.74. The number of nitrogens with one attached hydrogen (secondary N) is 1. The second kappa shape index (κ2) is 3.53. The lowest BCUT2D eigenvalue weighted by Gasteiger charge is -2.14. The van der Waals surface area contributed by atoms with Gasteiger partial charge in [-0.15, -0.1) is 0 Å². The lowest BCUT2D eigenvalue weighted by Crippen LogP contribution is -2.07. The number of furan rings is 1. The van der Waals surface area contributed by atoms with Crippen molar-refractivity contribution in [3.63, 3.8) is 0 Å². The molecule has 2 aromatic carbocycles. The minimum atomic E-state index is 0.681. The van der Waals surface area contributed by atoms with Gasteiger partial charge in [-0.05, 0) is 23.8 Å². The Bertz CT molecular complexity index is 801. The molecule has 0 saturated heterocycles. The number of para-hydroxylation sites is 1. The van der Waals surface area contributed by atoms with Gasteiger partial charge in [0.15, 0.2) is 0 Å². The van der Waals surface area contributed by atoms with Gasteiger partial charge < -0.3 is 9.73 Å². The number of hydrogen-bond donors (Lipinski definition) is 1. The van der Waals surface area contributed by atoms with Crippen LogP contribution in [-0.4, -0.2) is 6.54 Å². The van der Waals surface area contributed by atoms with Crippen molar-refractivity contribution in [1.82, 2.24) is 0 Å². The molecule has 4 rings (SSSR count). The van der Waals surface area contributed by atoms with E-state index in [-0.39, 0.29) is 0 Å². The highest BCUT2D eigenvalue weighted by molar-refractivity contribution is 6.32. The van der Waals surface area contributed by atoms with Crippen molar-refractivity contribution in [2.45, 2.75) is 0 Å². The molecular formula is C15H10ClNO. The van der Waals surface area contributed by atoms with Gasteiger partial charge in [-0.1, -0.05) is 29.8 Å². The first-order valence-electron chi connectivity index (χ1n) is 5.86. The number of benzene rings is 2. The molecule has 0 atom stereocenters. The number of fused-ring (bicyclic) bond motifs is 4. The number of rotatable bonds is 0. The molecule has 0 bridgehead atoms. The molecule has 2 nitrogen and oxygen atoms in total. The Morgan fingerprint density at radius 2 is 1.94 bits per heavy atom. The normalized spacial score (nSPS) is 14.4. The van der Waals surface area contributed by atoms with Crippen molar-refractivity contribution < 1.29 is 4.42 Å². The van der Waals surface area contributed by atoms with Crippen LogP contribution in [0.15, 0.2) is 45.8 Å². The van der Waals surface area contributed by atoms with Crippen LogP contribution in [0.5, 0.6) is 0 Å². The Morgan fingerprint density at radius 1 is 1.06 bits per heavy atom. The van der Waals surface area contributed by atoms with Crippen molar-refractivity contribution in [3.05, 3.63) is 47.0 Å². The van der Waals surface area contributed by atoms with Gasteiger partial charge in [0.1, 0.15) is 11.2 Å². The summed E-state index contributed by atoms with van der Waals surface area (Å²) in [6.07, 6.45) is 2.01. The van der Waals surface area contributed by atoms with Crippen LogP contribution in [-0.2, 0) is 0 Å². The highest BCUT2D eigenvalue weighted by Crippen LogP contribution is 2.35. The zero-order valence-electron chi connectivity index (χ0n) is 9.53. The van der Waals surface area contributed by atoms with Crippen molar-refractivity contribution >= 4 is 45.3 Å². The fourth-order valence-electron chi connectivity index (χ4n) is 2.46. The molecule has 1 aliphatic rings. The van der Waals surface area contributed by atoms with E-state index in [0.717, 1.165) is 38.2 Å². The van der Waals surface area contributed by atoms with Crippen molar-refractivity contribution in [3.8, 4) is 0 Å². The molecule has 3 heteroatoms. The highest BCUT2D eigenvalue weighted by Gasteiger charge is 2.13. The van der Waals surface area contributed by atoms with Crippen LogP contribution in [0, 0.1) is 0 Å². The van der Waals surface area contributed by atoms with Gasteiger partial charge in [-0.3, -0.25) is 0 Å². The van der Waals surface area contributed by atoms with E-state index in [4.69, 9.17) is 16.0 Å². The summed E-state index contributed by atoms with van der Waals surface area (Å²) in [6.45, 7) is 0.681. The van der Waals surface area contributed by atoms with Crippen LogP contribution in [0.1, 0.15) is 5.56 Å². The number of hydrogen-bond acceptors (Lipinski definition) is 2. The zero-order valence-corrected chi connectivity index (χ0v) is 10.3. The second-order valence-electron chi connectivity index (χ2n) is 4.48. The van der Waals surface area contributed by atoms with E-state index in [1.807, 2.05) is 30.3 Å². The molecule has 0 fully saturated rings. The first-order chi connectivity index (χ1) is 8.81. The van der Waals surface area contributed by atoms with E-state index in [0.29, 0.717) is 6.54 Å². The zero-order chi connectivity index (χ0) is 12.1. The molecule has 0 aliphatic carbocycles. The predicted molar refractivity (Wildman–Crippen MR) is 76.0 cm³/mol. The maximum atomic E-state index is 6.06. The third kappa shape index (κ3) is 1.36. The Balaban J connectivity index is 2.12. The third-order valence-corrected chi connectivity index (χ3v) is 3.55. The van der Waals surface area contributed by atoms with Crippen LogP contribution in [0.3, 0.4) is 0 Å². The lowest BCUT2D eigenvalue weighted by atomic mass is 10.0. The molecular weight excluding hydrogens is 246 g/mol. The Kier molecular flexibility index (Phi) is 1.97. The van der Waals surface area contributed by atoms with Crippen LogP contribution in [0.2, 0.25) is 0 Å². The quantitative estimate of drug-likeness (QED) is 0.635. The fourth-order valence-corrected chi connectivity index (χ4v) is 2.64. The van der Waals surface area contributed by atoms with Gasteiger partial charge >= 0.3 is 0 Å². The summed E-state index contributed by atoms with van der Waals surface area (Å²) in [5.41, 5.74) is 4.02. The van der Waals surface area contributed by atoms with Gasteiger partial charge in [0.25, 0.3) is 0 Å². The average molecular weight is 256 g/mol. The molecule has 0 spiro atoms. The molecule has 3 aromatic rings. The summed E-state index contributed by atoms with van der Waals surface area (Å²) in [7, 11) is 0. The minimum Gasteiger partial charge on any atom is -0.456 e. The molecule has 1 aromatic heterocycles. The van der Waals surface area contributed by atoms with Crippen LogP contribution < -0.4 is 5.32 Å². The molecule has 18 heavy (non-hydrogen) atoms. The van der Waals surface area contributed by atoms with Crippen LogP contribution >= 0.6 is 11.6 Å². The summed E-state index contributed by atoms with van der Waals surface area (Å²) in [4.78, 5) is 0. The first kappa shape index (κ1) is 10.0. The SMILES string of the molecule is ClC1=Cc2cc3c(cc2NC1)oc1ccccc13. The number of anilines is 1. The standard InChI is InChI=1S/C15H10ClNO/c16-10-5-9-6-12-11-3-1-2-4-14(11)18-15(12)7-13(9)17-8-10/h1-7,17H,8H2. The van der Waals surface area contributed by atoms with Gasteiger partial charge in [-0.2, -0.15) is 0 Å². The van der Waals surface area contributed by atoms with Gasteiger partial charge in [0.05, 0.1) is 6.54 Å². The Labute approximate surface area is 109 Å². The molecule has 0 radical (unpaired) electrons. The van der Waals surface area contributed by atoms with E-state index in [2.05, 4.69) is 17.4 Å². The summed E-state index contributed by atoms with van der Waals surface area (Å²) >= 11 is 6.06. The third-order valence-electron chi connectivity index (χ3n) is 3.31. The molecule has 0 amide bonds. The minimum absolute atomic E-state index is 0.681. The number of halogens is 1. The predicted octanol–water partition coefficient (Wildman–Crippen LogP) is 4.59. The molecule has 2 heterocycles. The van der Waals surface area contributed by atoms with Crippen molar-refractivity contribution in [2.24, 2.45) is 0 Å².